The molecular weight excluding hydrogens is 450 g/mol. The van der Waals surface area contributed by atoms with Crippen molar-refractivity contribution in [2.24, 2.45) is 4.99 Å². The fourth-order valence-corrected chi connectivity index (χ4v) is 3.89. The Morgan fingerprint density at radius 1 is 1.00 bits per heavy atom. The molecule has 1 aliphatic heterocycles. The predicted molar refractivity (Wildman–Crippen MR) is 132 cm³/mol. The van der Waals surface area contributed by atoms with E-state index in [0.717, 1.165) is 45.3 Å². The van der Waals surface area contributed by atoms with Crippen LogP contribution in [0, 0.1) is 6.92 Å². The first-order chi connectivity index (χ1) is 16.5. The van der Waals surface area contributed by atoms with E-state index < -0.39 is 0 Å². The first kappa shape index (κ1) is 23.3. The van der Waals surface area contributed by atoms with Crippen LogP contribution in [0.5, 0.6) is 0 Å². The van der Waals surface area contributed by atoms with Crippen LogP contribution in [0.4, 0.5) is 0 Å². The molecule has 0 saturated carbocycles. The van der Waals surface area contributed by atoms with Crippen LogP contribution in [0.1, 0.15) is 36.6 Å². The summed E-state index contributed by atoms with van der Waals surface area (Å²) < 4.78 is 6.48. The third-order valence-corrected chi connectivity index (χ3v) is 5.49. The number of pyridine rings is 1. The molecule has 0 saturated heterocycles. The lowest BCUT2D eigenvalue weighted by atomic mass is 9.96. The summed E-state index contributed by atoms with van der Waals surface area (Å²) in [7, 11) is 0. The minimum Gasteiger partial charge on any atom is -0.466 e. The van der Waals surface area contributed by atoms with Crippen LogP contribution in [0.25, 0.3) is 16.8 Å². The quantitative estimate of drug-likeness (QED) is 0.381. The fraction of sp³-hybridized carbons (Fsp3) is 0.192. The predicted octanol–water partition coefficient (Wildman–Crippen LogP) is 5.21. The molecule has 1 aliphatic rings. The summed E-state index contributed by atoms with van der Waals surface area (Å²) in [6, 6.07) is 18.2. The maximum absolute atomic E-state index is 9.82. The molecule has 7 nitrogen and oxygen atoms in total. The molecule has 0 spiro atoms. The van der Waals surface area contributed by atoms with E-state index in [0.29, 0.717) is 18.2 Å². The number of hydrogen-bond donors (Lipinski definition) is 0. The smallest absolute Gasteiger partial charge is 0.302 e. The topological polar surface area (TPSA) is 82.3 Å². The molecule has 0 amide bonds. The number of nitrogens with zero attached hydrogens (tertiary/aromatic N) is 5. The van der Waals surface area contributed by atoms with Crippen molar-refractivity contribution >= 4 is 23.3 Å². The number of carbonyl (C=O) groups excluding carboxylic acids is 1. The summed E-state index contributed by atoms with van der Waals surface area (Å²) in [5.74, 6) is 1.47. The second-order valence-electron chi connectivity index (χ2n) is 7.56. The lowest BCUT2D eigenvalue weighted by Crippen LogP contribution is -2.08. The van der Waals surface area contributed by atoms with Gasteiger partial charge in [-0.15, -0.1) is 10.2 Å². The van der Waals surface area contributed by atoms with Gasteiger partial charge in [0.1, 0.15) is 12.4 Å². The second-order valence-corrected chi connectivity index (χ2v) is 8.00. The highest BCUT2D eigenvalue weighted by molar-refractivity contribution is 6.30. The Balaban J connectivity index is 0.000000408. The molecule has 5 rings (SSSR count). The molecule has 0 aliphatic carbocycles. The van der Waals surface area contributed by atoms with Crippen LogP contribution < -0.4 is 0 Å². The molecule has 0 unspecified atom stereocenters. The maximum Gasteiger partial charge on any atom is 0.302 e. The molecule has 0 bridgehead atoms. The van der Waals surface area contributed by atoms with Gasteiger partial charge in [0.05, 0.1) is 18.0 Å². The molecule has 2 aromatic carbocycles. The van der Waals surface area contributed by atoms with Crippen LogP contribution in [0.15, 0.2) is 72.0 Å². The highest BCUT2D eigenvalue weighted by Crippen LogP contribution is 2.30. The van der Waals surface area contributed by atoms with E-state index in [-0.39, 0.29) is 5.97 Å². The Bertz CT molecular complexity index is 1330. The summed E-state index contributed by atoms with van der Waals surface area (Å²) in [4.78, 5) is 18.8. The van der Waals surface area contributed by atoms with Crippen LogP contribution in [-0.2, 0) is 16.1 Å². The van der Waals surface area contributed by atoms with Crippen molar-refractivity contribution in [3.8, 4) is 16.8 Å². The normalized spacial score (nSPS) is 11.8. The zero-order chi connectivity index (χ0) is 24.1. The summed E-state index contributed by atoms with van der Waals surface area (Å²) in [6.07, 6.45) is 3.61. The molecule has 0 N–H and O–H groups in total. The molecule has 0 atom stereocenters. The lowest BCUT2D eigenvalue weighted by molar-refractivity contribution is -0.140. The fourth-order valence-electron chi connectivity index (χ4n) is 3.76. The minimum absolute atomic E-state index is 0.211. The van der Waals surface area contributed by atoms with Gasteiger partial charge in [0, 0.05) is 35.5 Å². The van der Waals surface area contributed by atoms with Gasteiger partial charge in [-0.05, 0) is 61.4 Å². The van der Waals surface area contributed by atoms with E-state index in [2.05, 4.69) is 42.7 Å². The number of hydrogen-bond acceptors (Lipinski definition) is 6. The number of aliphatic imine (C=N–C) groups is 1. The Kier molecular flexibility index (Phi) is 7.13. The third-order valence-electron chi connectivity index (χ3n) is 5.24. The number of fused-ring (bicyclic) bond motifs is 3. The van der Waals surface area contributed by atoms with Crippen molar-refractivity contribution in [3.05, 3.63) is 94.8 Å². The summed E-state index contributed by atoms with van der Waals surface area (Å²) in [5, 5.41) is 9.27. The molecule has 34 heavy (non-hydrogen) atoms. The van der Waals surface area contributed by atoms with Crippen molar-refractivity contribution in [2.75, 3.05) is 6.61 Å². The second kappa shape index (κ2) is 10.4. The summed E-state index contributed by atoms with van der Waals surface area (Å²) in [6.45, 7) is 6.09. The van der Waals surface area contributed by atoms with Gasteiger partial charge in [0.2, 0.25) is 0 Å². The SMILES string of the molecule is CCOC(C)=O.Cc1nnc2n1-c1ccc(-c3ccncc3)cc1C(c1ccc(Cl)cc1)=NC2. The Morgan fingerprint density at radius 3 is 2.35 bits per heavy atom. The van der Waals surface area contributed by atoms with E-state index in [1.807, 2.05) is 43.3 Å². The number of halogens is 1. The van der Waals surface area contributed by atoms with Crippen molar-refractivity contribution < 1.29 is 9.53 Å². The number of ether oxygens (including phenoxy) is 1. The number of carbonyl (C=O) groups is 1. The molecule has 4 aromatic rings. The minimum atomic E-state index is -0.211. The van der Waals surface area contributed by atoms with E-state index in [9.17, 15) is 4.79 Å². The first-order valence-electron chi connectivity index (χ1n) is 10.9. The molecule has 2 aromatic heterocycles. The number of esters is 1. The number of aromatic nitrogens is 4. The third kappa shape index (κ3) is 5.05. The van der Waals surface area contributed by atoms with Gasteiger partial charge < -0.3 is 4.74 Å². The number of benzene rings is 2. The Labute approximate surface area is 203 Å². The average molecular weight is 474 g/mol. The standard InChI is InChI=1S/C22H16ClN5.C4H8O2/c1-14-26-27-21-13-25-22(16-2-5-18(23)6-3-16)19-12-17(4-7-20(19)28(14)21)15-8-10-24-11-9-15;1-3-6-4(2)5/h2-12H,13H2,1H3;3H2,1-2H3. The highest BCUT2D eigenvalue weighted by Gasteiger charge is 2.22. The van der Waals surface area contributed by atoms with Crippen molar-refractivity contribution in [1.82, 2.24) is 19.7 Å². The van der Waals surface area contributed by atoms with E-state index in [1.54, 1.807) is 19.3 Å². The van der Waals surface area contributed by atoms with Crippen LogP contribution in [0.2, 0.25) is 5.02 Å². The zero-order valence-electron chi connectivity index (χ0n) is 19.2. The summed E-state index contributed by atoms with van der Waals surface area (Å²) >= 11 is 6.10. The first-order valence-corrected chi connectivity index (χ1v) is 11.3. The molecule has 8 heteroatoms. The van der Waals surface area contributed by atoms with Crippen LogP contribution >= 0.6 is 11.6 Å². The van der Waals surface area contributed by atoms with E-state index in [4.69, 9.17) is 16.6 Å². The monoisotopic (exact) mass is 473 g/mol. The molecule has 172 valence electrons. The van der Waals surface area contributed by atoms with Crippen LogP contribution in [-0.4, -0.2) is 38.0 Å². The molecule has 0 radical (unpaired) electrons. The van der Waals surface area contributed by atoms with Gasteiger partial charge in [-0.2, -0.15) is 0 Å². The molecule has 3 heterocycles. The van der Waals surface area contributed by atoms with Gasteiger partial charge in [-0.1, -0.05) is 29.8 Å². The van der Waals surface area contributed by atoms with Gasteiger partial charge >= 0.3 is 5.97 Å². The van der Waals surface area contributed by atoms with E-state index in [1.165, 1.54) is 6.92 Å². The highest BCUT2D eigenvalue weighted by atomic mass is 35.5. The van der Waals surface area contributed by atoms with Gasteiger partial charge in [-0.25, -0.2) is 0 Å². The Morgan fingerprint density at radius 2 is 1.71 bits per heavy atom. The van der Waals surface area contributed by atoms with Crippen molar-refractivity contribution in [3.63, 3.8) is 0 Å². The maximum atomic E-state index is 9.82. The summed E-state index contributed by atoms with van der Waals surface area (Å²) in [5.41, 5.74) is 6.23. The van der Waals surface area contributed by atoms with Gasteiger partial charge in [0.25, 0.3) is 0 Å². The lowest BCUT2D eigenvalue weighted by Gasteiger charge is -2.14. The average Bonchev–Trinajstić information content (AvgIpc) is 3.12. The zero-order valence-corrected chi connectivity index (χ0v) is 20.0. The van der Waals surface area contributed by atoms with E-state index >= 15 is 0 Å². The number of aryl methyl sites for hydroxylation is 1. The van der Waals surface area contributed by atoms with Crippen molar-refractivity contribution in [1.29, 1.82) is 0 Å². The van der Waals surface area contributed by atoms with Crippen molar-refractivity contribution in [2.45, 2.75) is 27.3 Å². The van der Waals surface area contributed by atoms with Crippen LogP contribution in [0.3, 0.4) is 0 Å². The molecule has 0 fully saturated rings. The number of rotatable bonds is 3. The largest absolute Gasteiger partial charge is 0.466 e. The Hall–Kier alpha value is -3.84. The van der Waals surface area contributed by atoms with Gasteiger partial charge in [-0.3, -0.25) is 19.3 Å². The van der Waals surface area contributed by atoms with Gasteiger partial charge in [0.15, 0.2) is 5.82 Å². The molecular formula is C26H24ClN5O2.